The second kappa shape index (κ2) is 5.59. The molecule has 0 amide bonds. The van der Waals surface area contributed by atoms with Crippen LogP contribution in [0.25, 0.3) is 0 Å². The molecule has 4 N–H and O–H groups in total. The molecule has 0 aliphatic carbocycles. The zero-order valence-corrected chi connectivity index (χ0v) is 12.2. The van der Waals surface area contributed by atoms with Crippen LogP contribution in [0.2, 0.25) is 0 Å². The van der Waals surface area contributed by atoms with Crippen molar-refractivity contribution in [2.75, 3.05) is 37.1 Å². The minimum Gasteiger partial charge on any atom is -0.396 e. The smallest absolute Gasteiger partial charge is 0.177 e. The molecular formula is C13H20N2O4S. The average molecular weight is 300 g/mol. The molecule has 1 aromatic rings. The Morgan fingerprint density at radius 1 is 1.40 bits per heavy atom. The first-order chi connectivity index (χ1) is 9.38. The van der Waals surface area contributed by atoms with Crippen molar-refractivity contribution in [3.05, 3.63) is 18.2 Å². The fourth-order valence-electron chi connectivity index (χ4n) is 2.35. The van der Waals surface area contributed by atoms with Gasteiger partial charge in [-0.15, -0.1) is 0 Å². The van der Waals surface area contributed by atoms with Crippen LogP contribution in [0.1, 0.15) is 12.8 Å². The standard InChI is InChI=1S/C13H20N2O4S/c1-20(17,18)11-4-2-3-10(12(11)14)15-13(9-16)5-7-19-8-6-13/h2-4,15-16H,5-9,14H2,1H3. The number of anilines is 2. The van der Waals surface area contributed by atoms with E-state index in [1.165, 1.54) is 6.07 Å². The molecule has 1 saturated heterocycles. The van der Waals surface area contributed by atoms with Crippen LogP contribution in [0.3, 0.4) is 0 Å². The topological polar surface area (TPSA) is 102 Å². The van der Waals surface area contributed by atoms with Gasteiger partial charge in [-0.1, -0.05) is 6.07 Å². The number of nitrogens with one attached hydrogen (secondary N) is 1. The second-order valence-electron chi connectivity index (χ2n) is 5.17. The molecule has 0 aromatic heterocycles. The summed E-state index contributed by atoms with van der Waals surface area (Å²) in [7, 11) is -3.38. The summed E-state index contributed by atoms with van der Waals surface area (Å²) >= 11 is 0. The number of aliphatic hydroxyl groups is 1. The van der Waals surface area contributed by atoms with Gasteiger partial charge in [0.05, 0.1) is 28.4 Å². The highest BCUT2D eigenvalue weighted by atomic mass is 32.2. The third-order valence-electron chi connectivity index (χ3n) is 3.62. The molecular weight excluding hydrogens is 280 g/mol. The number of sulfone groups is 1. The van der Waals surface area contributed by atoms with Crippen molar-refractivity contribution < 1.29 is 18.3 Å². The van der Waals surface area contributed by atoms with Crippen molar-refractivity contribution in [3.63, 3.8) is 0 Å². The third-order valence-corrected chi connectivity index (χ3v) is 4.77. The molecule has 7 heteroatoms. The Morgan fingerprint density at radius 3 is 2.60 bits per heavy atom. The minimum absolute atomic E-state index is 0.0566. The lowest BCUT2D eigenvalue weighted by atomic mass is 9.90. The predicted molar refractivity (Wildman–Crippen MR) is 77.5 cm³/mol. The number of ether oxygens (including phenoxy) is 1. The molecule has 0 unspecified atom stereocenters. The maximum atomic E-state index is 11.7. The van der Waals surface area contributed by atoms with E-state index in [0.29, 0.717) is 31.7 Å². The summed E-state index contributed by atoms with van der Waals surface area (Å²) in [6.07, 6.45) is 2.41. The predicted octanol–water partition coefficient (Wildman–Crippen LogP) is 0.626. The van der Waals surface area contributed by atoms with Gasteiger partial charge >= 0.3 is 0 Å². The quantitative estimate of drug-likeness (QED) is 0.705. The van der Waals surface area contributed by atoms with Gasteiger partial charge in [0.1, 0.15) is 0 Å². The highest BCUT2D eigenvalue weighted by Crippen LogP contribution is 2.32. The second-order valence-corrected chi connectivity index (χ2v) is 7.15. The molecule has 112 valence electrons. The lowest BCUT2D eigenvalue weighted by molar-refractivity contribution is 0.0380. The van der Waals surface area contributed by atoms with Crippen LogP contribution in [0, 0.1) is 0 Å². The Hall–Kier alpha value is -1.31. The zero-order chi connectivity index (χ0) is 14.8. The molecule has 0 spiro atoms. The maximum absolute atomic E-state index is 11.7. The van der Waals surface area contributed by atoms with E-state index in [-0.39, 0.29) is 17.2 Å². The van der Waals surface area contributed by atoms with Gasteiger partial charge in [0.25, 0.3) is 0 Å². The van der Waals surface area contributed by atoms with Crippen molar-refractivity contribution in [3.8, 4) is 0 Å². The Kier molecular flexibility index (Phi) is 4.22. The third kappa shape index (κ3) is 3.05. The van der Waals surface area contributed by atoms with E-state index >= 15 is 0 Å². The van der Waals surface area contributed by atoms with E-state index in [9.17, 15) is 13.5 Å². The van der Waals surface area contributed by atoms with E-state index in [1.807, 2.05) is 0 Å². The Bertz CT molecular complexity index is 580. The van der Waals surface area contributed by atoms with E-state index in [0.717, 1.165) is 6.26 Å². The van der Waals surface area contributed by atoms with Crippen molar-refractivity contribution in [2.24, 2.45) is 0 Å². The van der Waals surface area contributed by atoms with Crippen molar-refractivity contribution in [2.45, 2.75) is 23.3 Å². The van der Waals surface area contributed by atoms with Gasteiger partial charge in [-0.05, 0) is 25.0 Å². The van der Waals surface area contributed by atoms with Gasteiger partial charge in [-0.3, -0.25) is 0 Å². The monoisotopic (exact) mass is 300 g/mol. The summed E-state index contributed by atoms with van der Waals surface area (Å²) in [6, 6.07) is 4.84. The number of aliphatic hydroxyl groups excluding tert-OH is 1. The van der Waals surface area contributed by atoms with Gasteiger partial charge in [-0.2, -0.15) is 0 Å². The van der Waals surface area contributed by atoms with Gasteiger partial charge in [0.2, 0.25) is 0 Å². The molecule has 1 fully saturated rings. The average Bonchev–Trinajstić information content (AvgIpc) is 2.41. The molecule has 0 radical (unpaired) electrons. The van der Waals surface area contributed by atoms with Crippen LogP contribution in [-0.2, 0) is 14.6 Å². The van der Waals surface area contributed by atoms with E-state index < -0.39 is 15.4 Å². The molecule has 6 nitrogen and oxygen atoms in total. The first-order valence-electron chi connectivity index (χ1n) is 6.43. The molecule has 1 aromatic carbocycles. The minimum atomic E-state index is -3.38. The van der Waals surface area contributed by atoms with Gasteiger partial charge in [0, 0.05) is 19.5 Å². The summed E-state index contributed by atoms with van der Waals surface area (Å²) in [5, 5.41) is 12.9. The highest BCUT2D eigenvalue weighted by Gasteiger charge is 2.32. The fraction of sp³-hybridized carbons (Fsp3) is 0.538. The van der Waals surface area contributed by atoms with Crippen LogP contribution in [0.4, 0.5) is 11.4 Å². The summed E-state index contributed by atoms with van der Waals surface area (Å²) in [5.74, 6) is 0. The summed E-state index contributed by atoms with van der Waals surface area (Å²) in [6.45, 7) is 1.05. The Balaban J connectivity index is 2.34. The number of nitrogen functional groups attached to an aromatic ring is 1. The SMILES string of the molecule is CS(=O)(=O)c1cccc(NC2(CO)CCOCC2)c1N. The number of nitrogens with two attached hydrogens (primary N) is 1. The molecule has 1 aliphatic heterocycles. The lowest BCUT2D eigenvalue weighted by Crippen LogP contribution is -2.47. The van der Waals surface area contributed by atoms with Crippen molar-refractivity contribution >= 4 is 21.2 Å². The number of para-hydroxylation sites is 1. The van der Waals surface area contributed by atoms with Crippen LogP contribution in [-0.4, -0.2) is 45.1 Å². The first kappa shape index (κ1) is 15.1. The van der Waals surface area contributed by atoms with Crippen LogP contribution in [0.5, 0.6) is 0 Å². The molecule has 1 heterocycles. The lowest BCUT2D eigenvalue weighted by Gasteiger charge is -2.37. The number of hydrogen-bond acceptors (Lipinski definition) is 6. The maximum Gasteiger partial charge on any atom is 0.177 e. The van der Waals surface area contributed by atoms with E-state index in [1.54, 1.807) is 12.1 Å². The number of rotatable bonds is 4. The van der Waals surface area contributed by atoms with E-state index in [4.69, 9.17) is 10.5 Å². The number of benzene rings is 1. The van der Waals surface area contributed by atoms with Crippen molar-refractivity contribution in [1.82, 2.24) is 0 Å². The van der Waals surface area contributed by atoms with Crippen LogP contribution < -0.4 is 11.1 Å². The zero-order valence-electron chi connectivity index (χ0n) is 11.4. The van der Waals surface area contributed by atoms with Crippen LogP contribution in [0.15, 0.2) is 23.1 Å². The number of hydrogen-bond donors (Lipinski definition) is 3. The Morgan fingerprint density at radius 2 is 2.05 bits per heavy atom. The first-order valence-corrected chi connectivity index (χ1v) is 8.32. The molecule has 2 rings (SSSR count). The molecule has 1 aliphatic rings. The van der Waals surface area contributed by atoms with Gasteiger partial charge < -0.3 is 20.9 Å². The van der Waals surface area contributed by atoms with E-state index in [2.05, 4.69) is 5.32 Å². The van der Waals surface area contributed by atoms with Crippen LogP contribution >= 0.6 is 0 Å². The summed E-state index contributed by atoms with van der Waals surface area (Å²) in [5.41, 5.74) is 6.15. The Labute approximate surface area is 118 Å². The summed E-state index contributed by atoms with van der Waals surface area (Å²) < 4.78 is 28.6. The molecule has 20 heavy (non-hydrogen) atoms. The molecule has 0 bridgehead atoms. The van der Waals surface area contributed by atoms with Gasteiger partial charge in [-0.25, -0.2) is 8.42 Å². The largest absolute Gasteiger partial charge is 0.396 e. The highest BCUT2D eigenvalue weighted by molar-refractivity contribution is 7.90. The molecule has 0 saturated carbocycles. The van der Waals surface area contributed by atoms with Crippen molar-refractivity contribution in [1.29, 1.82) is 0 Å². The fourth-order valence-corrected chi connectivity index (χ4v) is 3.18. The van der Waals surface area contributed by atoms with Gasteiger partial charge in [0.15, 0.2) is 9.84 Å². The normalized spacial score (nSPS) is 18.7. The molecule has 0 atom stereocenters. The summed E-state index contributed by atoms with van der Waals surface area (Å²) in [4.78, 5) is 0.0997.